The third kappa shape index (κ3) is 2.74. The molecule has 1 aliphatic heterocycles. The van der Waals surface area contributed by atoms with Crippen molar-refractivity contribution in [2.75, 3.05) is 19.6 Å². The van der Waals surface area contributed by atoms with Gasteiger partial charge in [-0.1, -0.05) is 6.07 Å². The summed E-state index contributed by atoms with van der Waals surface area (Å²) in [6.07, 6.45) is 3.65. The maximum atomic E-state index is 12.3. The van der Waals surface area contributed by atoms with Crippen molar-refractivity contribution in [2.24, 2.45) is 0 Å². The van der Waals surface area contributed by atoms with Gasteiger partial charge in [-0.15, -0.1) is 0 Å². The van der Waals surface area contributed by atoms with Crippen LogP contribution in [-0.2, 0) is 22.9 Å². The molecule has 1 heterocycles. The Balaban J connectivity index is 1.74. The highest BCUT2D eigenvalue weighted by atomic mass is 32.2. The smallest absolute Gasteiger partial charge is 0.240 e. The number of fused-ring (bicyclic) bond motifs is 1. The van der Waals surface area contributed by atoms with E-state index in [2.05, 4.69) is 10.0 Å². The van der Waals surface area contributed by atoms with E-state index in [9.17, 15) is 13.5 Å². The molecular weight excluding hydrogens is 276 g/mol. The van der Waals surface area contributed by atoms with Gasteiger partial charge in [0.15, 0.2) is 0 Å². The van der Waals surface area contributed by atoms with Crippen molar-refractivity contribution in [3.63, 3.8) is 0 Å². The van der Waals surface area contributed by atoms with E-state index in [1.165, 1.54) is 5.56 Å². The minimum atomic E-state index is -3.55. The van der Waals surface area contributed by atoms with Crippen molar-refractivity contribution in [2.45, 2.75) is 36.2 Å². The third-order valence-corrected chi connectivity index (χ3v) is 5.59. The Hall–Kier alpha value is -0.950. The number of β-amino-alcohol motifs (C(OH)–C–C–N with tert-alkyl or cyclic N) is 1. The van der Waals surface area contributed by atoms with Gasteiger partial charge in [0.2, 0.25) is 10.0 Å². The molecule has 0 radical (unpaired) electrons. The first-order chi connectivity index (χ1) is 9.49. The number of aryl methyl sites for hydroxylation is 2. The SMILES string of the molecule is O=S(=O)(NCC1(O)CCNC1)c1ccc2c(c1)CCC2. The van der Waals surface area contributed by atoms with Gasteiger partial charge in [0.25, 0.3) is 0 Å². The van der Waals surface area contributed by atoms with Gasteiger partial charge in [0.1, 0.15) is 0 Å². The summed E-state index contributed by atoms with van der Waals surface area (Å²) >= 11 is 0. The van der Waals surface area contributed by atoms with Crippen LogP contribution in [-0.4, -0.2) is 38.8 Å². The molecular formula is C14H20N2O3S. The van der Waals surface area contributed by atoms with Crippen LogP contribution in [0.1, 0.15) is 24.0 Å². The van der Waals surface area contributed by atoms with Crippen molar-refractivity contribution >= 4 is 10.0 Å². The molecule has 0 saturated carbocycles. The molecule has 110 valence electrons. The zero-order chi connectivity index (χ0) is 14.2. The standard InChI is InChI=1S/C14H20N2O3S/c17-14(6-7-15-9-14)10-16-20(18,19)13-5-4-11-2-1-3-12(11)8-13/h4-5,8,15-17H,1-3,6-7,9-10H2. The quantitative estimate of drug-likeness (QED) is 0.740. The monoisotopic (exact) mass is 296 g/mol. The zero-order valence-electron chi connectivity index (χ0n) is 11.4. The lowest BCUT2D eigenvalue weighted by molar-refractivity contribution is 0.0667. The topological polar surface area (TPSA) is 78.4 Å². The van der Waals surface area contributed by atoms with Gasteiger partial charge in [-0.2, -0.15) is 0 Å². The van der Waals surface area contributed by atoms with Crippen LogP contribution in [0, 0.1) is 0 Å². The van der Waals surface area contributed by atoms with Gasteiger partial charge in [0.05, 0.1) is 10.5 Å². The van der Waals surface area contributed by atoms with E-state index in [0.717, 1.165) is 31.4 Å². The lowest BCUT2D eigenvalue weighted by Crippen LogP contribution is -2.44. The Kier molecular flexibility index (Phi) is 3.58. The molecule has 2 aliphatic rings. The number of benzene rings is 1. The van der Waals surface area contributed by atoms with Gasteiger partial charge < -0.3 is 10.4 Å². The maximum Gasteiger partial charge on any atom is 0.240 e. The summed E-state index contributed by atoms with van der Waals surface area (Å²) < 4.78 is 27.1. The largest absolute Gasteiger partial charge is 0.387 e. The fourth-order valence-electron chi connectivity index (χ4n) is 2.91. The summed E-state index contributed by atoms with van der Waals surface area (Å²) in [5.41, 5.74) is 1.42. The van der Waals surface area contributed by atoms with Gasteiger partial charge >= 0.3 is 0 Å². The van der Waals surface area contributed by atoms with E-state index in [4.69, 9.17) is 0 Å². The van der Waals surface area contributed by atoms with Gasteiger partial charge in [-0.25, -0.2) is 13.1 Å². The second kappa shape index (κ2) is 5.11. The van der Waals surface area contributed by atoms with Crippen molar-refractivity contribution in [3.8, 4) is 0 Å². The number of hydrogen-bond acceptors (Lipinski definition) is 4. The van der Waals surface area contributed by atoms with Crippen molar-refractivity contribution < 1.29 is 13.5 Å². The lowest BCUT2D eigenvalue weighted by atomic mass is 10.1. The van der Waals surface area contributed by atoms with Crippen molar-refractivity contribution in [1.82, 2.24) is 10.0 Å². The fraction of sp³-hybridized carbons (Fsp3) is 0.571. The molecule has 1 aromatic carbocycles. The molecule has 3 N–H and O–H groups in total. The van der Waals surface area contributed by atoms with E-state index in [-0.39, 0.29) is 6.54 Å². The van der Waals surface area contributed by atoms with E-state index >= 15 is 0 Å². The Morgan fingerprint density at radius 1 is 1.30 bits per heavy atom. The van der Waals surface area contributed by atoms with Crippen LogP contribution in [0.4, 0.5) is 0 Å². The number of aliphatic hydroxyl groups is 1. The van der Waals surface area contributed by atoms with Crippen LogP contribution in [0.25, 0.3) is 0 Å². The highest BCUT2D eigenvalue weighted by molar-refractivity contribution is 7.89. The molecule has 0 aromatic heterocycles. The van der Waals surface area contributed by atoms with Crippen LogP contribution < -0.4 is 10.0 Å². The van der Waals surface area contributed by atoms with Crippen LogP contribution in [0.3, 0.4) is 0 Å². The summed E-state index contributed by atoms with van der Waals surface area (Å²) in [7, 11) is -3.55. The van der Waals surface area contributed by atoms with Crippen molar-refractivity contribution in [1.29, 1.82) is 0 Å². The van der Waals surface area contributed by atoms with Crippen LogP contribution >= 0.6 is 0 Å². The average Bonchev–Trinajstić information content (AvgIpc) is 3.05. The van der Waals surface area contributed by atoms with Gasteiger partial charge in [0, 0.05) is 13.1 Å². The lowest BCUT2D eigenvalue weighted by Gasteiger charge is -2.21. The number of sulfonamides is 1. The second-order valence-electron chi connectivity index (χ2n) is 5.76. The average molecular weight is 296 g/mol. The number of nitrogens with one attached hydrogen (secondary N) is 2. The first kappa shape index (κ1) is 14.0. The van der Waals surface area contributed by atoms with Crippen molar-refractivity contribution in [3.05, 3.63) is 29.3 Å². The Morgan fingerprint density at radius 3 is 2.85 bits per heavy atom. The predicted molar refractivity (Wildman–Crippen MR) is 76.1 cm³/mol. The summed E-state index contributed by atoms with van der Waals surface area (Å²) in [6.45, 7) is 1.20. The second-order valence-corrected chi connectivity index (χ2v) is 7.53. The Bertz CT molecular complexity index is 607. The minimum absolute atomic E-state index is 0.0550. The van der Waals surface area contributed by atoms with Crippen LogP contribution in [0.15, 0.2) is 23.1 Å². The maximum absolute atomic E-state index is 12.3. The van der Waals surface area contributed by atoms with E-state index in [1.54, 1.807) is 12.1 Å². The number of rotatable bonds is 4. The molecule has 0 spiro atoms. The minimum Gasteiger partial charge on any atom is -0.387 e. The first-order valence-corrected chi connectivity index (χ1v) is 8.51. The molecule has 0 amide bonds. The predicted octanol–water partition coefficient (Wildman–Crippen LogP) is 0.178. The zero-order valence-corrected chi connectivity index (χ0v) is 12.2. The highest BCUT2D eigenvalue weighted by Crippen LogP contribution is 2.25. The summed E-state index contributed by atoms with van der Waals surface area (Å²) in [5.74, 6) is 0. The Labute approximate surface area is 119 Å². The molecule has 20 heavy (non-hydrogen) atoms. The fourth-order valence-corrected chi connectivity index (χ4v) is 4.08. The highest BCUT2D eigenvalue weighted by Gasteiger charge is 2.32. The van der Waals surface area contributed by atoms with E-state index in [1.807, 2.05) is 6.07 Å². The molecule has 6 heteroatoms. The molecule has 3 rings (SSSR count). The molecule has 5 nitrogen and oxygen atoms in total. The number of hydrogen-bond donors (Lipinski definition) is 3. The van der Waals surface area contributed by atoms with E-state index < -0.39 is 15.6 Å². The molecule has 1 fully saturated rings. The molecule has 0 bridgehead atoms. The van der Waals surface area contributed by atoms with Crippen LogP contribution in [0.5, 0.6) is 0 Å². The summed E-state index contributed by atoms with van der Waals surface area (Å²) in [5, 5.41) is 13.2. The Morgan fingerprint density at radius 2 is 2.10 bits per heavy atom. The summed E-state index contributed by atoms with van der Waals surface area (Å²) in [6, 6.07) is 5.33. The van der Waals surface area contributed by atoms with Gasteiger partial charge in [-0.05, 0) is 55.5 Å². The molecule has 1 aromatic rings. The molecule has 1 unspecified atom stereocenters. The van der Waals surface area contributed by atoms with Crippen LogP contribution in [0.2, 0.25) is 0 Å². The van der Waals surface area contributed by atoms with E-state index in [0.29, 0.717) is 17.9 Å². The normalized spacial score (nSPS) is 25.9. The molecule has 1 atom stereocenters. The van der Waals surface area contributed by atoms with Gasteiger partial charge in [-0.3, -0.25) is 0 Å². The third-order valence-electron chi connectivity index (χ3n) is 4.19. The molecule has 1 saturated heterocycles. The first-order valence-electron chi connectivity index (χ1n) is 7.03. The summed E-state index contributed by atoms with van der Waals surface area (Å²) in [4.78, 5) is 0.299. The molecule has 1 aliphatic carbocycles.